The zero-order chi connectivity index (χ0) is 10.9. The summed E-state index contributed by atoms with van der Waals surface area (Å²) in [5, 5.41) is 10.2. The number of hydrogen-bond acceptors (Lipinski definition) is 3. The molecule has 1 aromatic heterocycles. The van der Waals surface area contributed by atoms with Gasteiger partial charge in [0.25, 0.3) is 0 Å². The van der Waals surface area contributed by atoms with Gasteiger partial charge in [-0.25, -0.2) is 0 Å². The quantitative estimate of drug-likeness (QED) is 0.634. The van der Waals surface area contributed by atoms with Crippen LogP contribution in [-0.2, 0) is 6.54 Å². The summed E-state index contributed by atoms with van der Waals surface area (Å²) in [6.45, 7) is 9.81. The maximum Gasteiger partial charge on any atom is 0.0490 e. The highest BCUT2D eigenvalue weighted by molar-refractivity contribution is 4.96. The molecule has 4 nitrogen and oxygen atoms in total. The summed E-state index contributed by atoms with van der Waals surface area (Å²) < 4.78 is 0. The Kier molecular flexibility index (Phi) is 6.04. The molecule has 0 unspecified atom stereocenters. The summed E-state index contributed by atoms with van der Waals surface area (Å²) in [5.41, 5.74) is 1.15. The van der Waals surface area contributed by atoms with Gasteiger partial charge in [0.05, 0.1) is 0 Å². The molecule has 0 spiro atoms. The number of nitrogens with zero attached hydrogens (tertiary/aromatic N) is 2. The molecular formula is C11H22N4. The molecule has 0 aromatic carbocycles. The predicted octanol–water partition coefficient (Wildman–Crippen LogP) is 1.23. The molecule has 1 aromatic rings. The second-order valence-electron chi connectivity index (χ2n) is 3.69. The molecule has 4 heteroatoms. The fourth-order valence-corrected chi connectivity index (χ4v) is 1.59. The van der Waals surface area contributed by atoms with Crippen molar-refractivity contribution in [1.29, 1.82) is 0 Å². The van der Waals surface area contributed by atoms with E-state index in [1.54, 1.807) is 6.20 Å². The summed E-state index contributed by atoms with van der Waals surface area (Å²) in [6, 6.07) is 2.00. The molecule has 0 radical (unpaired) electrons. The van der Waals surface area contributed by atoms with Crippen molar-refractivity contribution in [3.63, 3.8) is 0 Å². The van der Waals surface area contributed by atoms with Gasteiger partial charge in [-0.2, -0.15) is 5.10 Å². The third-order valence-corrected chi connectivity index (χ3v) is 2.47. The maximum atomic E-state index is 3.91. The number of rotatable bonds is 8. The number of aromatic amines is 1. The Hall–Kier alpha value is -0.870. The summed E-state index contributed by atoms with van der Waals surface area (Å²) in [7, 11) is 0. The molecular weight excluding hydrogens is 188 g/mol. The lowest BCUT2D eigenvalue weighted by molar-refractivity contribution is 0.287. The standard InChI is InChI=1S/C11H22N4/c1-3-8-15(4-2)9-7-12-10-11-5-6-13-14-11/h5-6,12H,3-4,7-10H2,1-2H3,(H,13,14). The minimum absolute atomic E-state index is 0.879. The monoisotopic (exact) mass is 210 g/mol. The van der Waals surface area contributed by atoms with Gasteiger partial charge in [-0.1, -0.05) is 13.8 Å². The minimum Gasteiger partial charge on any atom is -0.310 e. The summed E-state index contributed by atoms with van der Waals surface area (Å²) in [5.74, 6) is 0. The van der Waals surface area contributed by atoms with Crippen molar-refractivity contribution >= 4 is 0 Å². The summed E-state index contributed by atoms with van der Waals surface area (Å²) in [6.07, 6.45) is 3.01. The lowest BCUT2D eigenvalue weighted by Gasteiger charge is -2.19. The molecule has 0 atom stereocenters. The van der Waals surface area contributed by atoms with Gasteiger partial charge in [0, 0.05) is 31.5 Å². The lowest BCUT2D eigenvalue weighted by Crippen LogP contribution is -2.32. The fourth-order valence-electron chi connectivity index (χ4n) is 1.59. The Morgan fingerprint density at radius 1 is 1.40 bits per heavy atom. The van der Waals surface area contributed by atoms with Crippen LogP contribution >= 0.6 is 0 Å². The number of nitrogens with one attached hydrogen (secondary N) is 2. The van der Waals surface area contributed by atoms with Crippen LogP contribution in [0.15, 0.2) is 12.3 Å². The molecule has 1 heterocycles. The summed E-state index contributed by atoms with van der Waals surface area (Å²) >= 11 is 0. The zero-order valence-electron chi connectivity index (χ0n) is 9.79. The third-order valence-electron chi connectivity index (χ3n) is 2.47. The van der Waals surface area contributed by atoms with Crippen molar-refractivity contribution in [1.82, 2.24) is 20.4 Å². The molecule has 0 bridgehead atoms. The Morgan fingerprint density at radius 2 is 2.27 bits per heavy atom. The molecule has 0 fully saturated rings. The van der Waals surface area contributed by atoms with E-state index in [2.05, 4.69) is 34.3 Å². The SMILES string of the molecule is CCCN(CC)CCNCc1ccn[nH]1. The molecule has 1 rings (SSSR count). The normalized spacial score (nSPS) is 11.1. The molecule has 86 valence electrons. The molecule has 0 saturated heterocycles. The van der Waals surface area contributed by atoms with E-state index in [4.69, 9.17) is 0 Å². The van der Waals surface area contributed by atoms with Crippen molar-refractivity contribution < 1.29 is 0 Å². The Morgan fingerprint density at radius 3 is 2.87 bits per heavy atom. The lowest BCUT2D eigenvalue weighted by atomic mass is 10.4. The van der Waals surface area contributed by atoms with Crippen LogP contribution in [0.5, 0.6) is 0 Å². The molecule has 0 aliphatic carbocycles. The number of hydrogen-bond donors (Lipinski definition) is 2. The van der Waals surface area contributed by atoms with Crippen molar-refractivity contribution in [2.45, 2.75) is 26.8 Å². The van der Waals surface area contributed by atoms with Crippen LogP contribution in [0.1, 0.15) is 26.0 Å². The van der Waals surface area contributed by atoms with Crippen molar-refractivity contribution in [3.05, 3.63) is 18.0 Å². The van der Waals surface area contributed by atoms with Gasteiger partial charge in [0.15, 0.2) is 0 Å². The largest absolute Gasteiger partial charge is 0.310 e. The van der Waals surface area contributed by atoms with E-state index in [-0.39, 0.29) is 0 Å². The molecule has 0 aliphatic rings. The van der Waals surface area contributed by atoms with E-state index in [1.807, 2.05) is 6.07 Å². The van der Waals surface area contributed by atoms with Gasteiger partial charge in [-0.15, -0.1) is 0 Å². The third kappa shape index (κ3) is 4.95. The van der Waals surface area contributed by atoms with Gasteiger partial charge in [-0.3, -0.25) is 5.10 Å². The average Bonchev–Trinajstić information content (AvgIpc) is 2.75. The van der Waals surface area contributed by atoms with Crippen LogP contribution in [0.2, 0.25) is 0 Å². The first-order chi connectivity index (χ1) is 7.36. The van der Waals surface area contributed by atoms with E-state index in [9.17, 15) is 0 Å². The van der Waals surface area contributed by atoms with E-state index >= 15 is 0 Å². The number of likely N-dealkylation sites (N-methyl/N-ethyl adjacent to an activating group) is 1. The molecule has 2 N–H and O–H groups in total. The molecule has 0 amide bonds. The van der Waals surface area contributed by atoms with Gasteiger partial charge >= 0.3 is 0 Å². The first-order valence-electron chi connectivity index (χ1n) is 5.78. The van der Waals surface area contributed by atoms with Crippen LogP contribution in [0, 0.1) is 0 Å². The van der Waals surface area contributed by atoms with E-state index in [0.717, 1.165) is 31.9 Å². The topological polar surface area (TPSA) is 44.0 Å². The molecule has 0 saturated carbocycles. The van der Waals surface area contributed by atoms with Crippen LogP contribution in [-0.4, -0.2) is 41.3 Å². The van der Waals surface area contributed by atoms with Gasteiger partial charge in [-0.05, 0) is 25.6 Å². The number of H-pyrrole nitrogens is 1. The number of aromatic nitrogens is 2. The fraction of sp³-hybridized carbons (Fsp3) is 0.727. The van der Waals surface area contributed by atoms with Gasteiger partial charge in [0.1, 0.15) is 0 Å². The average molecular weight is 210 g/mol. The summed E-state index contributed by atoms with van der Waals surface area (Å²) in [4.78, 5) is 2.46. The van der Waals surface area contributed by atoms with Crippen molar-refractivity contribution in [3.8, 4) is 0 Å². The highest BCUT2D eigenvalue weighted by Gasteiger charge is 1.99. The first-order valence-corrected chi connectivity index (χ1v) is 5.78. The maximum absolute atomic E-state index is 3.91. The van der Waals surface area contributed by atoms with Crippen molar-refractivity contribution in [2.75, 3.05) is 26.2 Å². The first kappa shape index (κ1) is 12.2. The molecule has 0 aliphatic heterocycles. The Bertz CT molecular complexity index is 233. The van der Waals surface area contributed by atoms with E-state index in [1.165, 1.54) is 13.0 Å². The highest BCUT2D eigenvalue weighted by Crippen LogP contribution is 1.91. The van der Waals surface area contributed by atoms with Gasteiger partial charge < -0.3 is 10.2 Å². The minimum atomic E-state index is 0.879. The van der Waals surface area contributed by atoms with Crippen molar-refractivity contribution in [2.24, 2.45) is 0 Å². The van der Waals surface area contributed by atoms with Crippen LogP contribution < -0.4 is 5.32 Å². The van der Waals surface area contributed by atoms with Gasteiger partial charge in [0.2, 0.25) is 0 Å². The Balaban J connectivity index is 2.05. The van der Waals surface area contributed by atoms with Crippen LogP contribution in [0.4, 0.5) is 0 Å². The van der Waals surface area contributed by atoms with E-state index in [0.29, 0.717) is 0 Å². The molecule has 15 heavy (non-hydrogen) atoms. The predicted molar refractivity (Wildman–Crippen MR) is 62.7 cm³/mol. The van der Waals surface area contributed by atoms with E-state index < -0.39 is 0 Å². The van der Waals surface area contributed by atoms with Crippen LogP contribution in [0.3, 0.4) is 0 Å². The zero-order valence-corrected chi connectivity index (χ0v) is 9.79. The second kappa shape index (κ2) is 7.43. The van der Waals surface area contributed by atoms with Crippen LogP contribution in [0.25, 0.3) is 0 Å². The smallest absolute Gasteiger partial charge is 0.0490 e. The second-order valence-corrected chi connectivity index (χ2v) is 3.69. The highest BCUT2D eigenvalue weighted by atomic mass is 15.1. The Labute approximate surface area is 92.1 Å².